The Morgan fingerprint density at radius 1 is 1.73 bits per heavy atom. The van der Waals surface area contributed by atoms with Crippen molar-refractivity contribution in [2.75, 3.05) is 13.7 Å². The van der Waals surface area contributed by atoms with Crippen LogP contribution in [0.15, 0.2) is 11.8 Å². The van der Waals surface area contributed by atoms with Gasteiger partial charge < -0.3 is 9.84 Å². The van der Waals surface area contributed by atoms with Crippen LogP contribution < -0.4 is 5.32 Å². The number of methoxy groups -OCH3 is 1. The van der Waals surface area contributed by atoms with Gasteiger partial charge >= 0.3 is 6.09 Å². The van der Waals surface area contributed by atoms with Crippen LogP contribution in [0.25, 0.3) is 0 Å². The van der Waals surface area contributed by atoms with E-state index in [0.717, 1.165) is 6.42 Å². The number of carbonyl (C=O) groups excluding carboxylic acids is 1. The van der Waals surface area contributed by atoms with Gasteiger partial charge in [0.05, 0.1) is 13.7 Å². The van der Waals surface area contributed by atoms with Gasteiger partial charge in [-0.05, 0) is 6.42 Å². The van der Waals surface area contributed by atoms with Gasteiger partial charge in [-0.3, -0.25) is 5.32 Å². The largest absolute Gasteiger partial charge is 0.453 e. The van der Waals surface area contributed by atoms with Crippen molar-refractivity contribution in [3.63, 3.8) is 0 Å². The van der Waals surface area contributed by atoms with Gasteiger partial charge in [0.2, 0.25) is 0 Å². The predicted molar refractivity (Wildman–Crippen MR) is 41.0 cm³/mol. The lowest BCUT2D eigenvalue weighted by Crippen LogP contribution is -2.24. The van der Waals surface area contributed by atoms with E-state index in [1.165, 1.54) is 7.11 Å². The molecule has 0 aromatic carbocycles. The van der Waals surface area contributed by atoms with Crippen molar-refractivity contribution in [3.8, 4) is 0 Å². The molecule has 0 spiro atoms. The van der Waals surface area contributed by atoms with E-state index in [2.05, 4.69) is 10.1 Å². The number of ether oxygens (including phenoxy) is 1. The van der Waals surface area contributed by atoms with E-state index in [-0.39, 0.29) is 6.61 Å². The van der Waals surface area contributed by atoms with Gasteiger partial charge in [-0.25, -0.2) is 4.79 Å². The second-order valence-electron chi connectivity index (χ2n) is 1.91. The monoisotopic (exact) mass is 159 g/mol. The van der Waals surface area contributed by atoms with Crippen molar-refractivity contribution in [2.45, 2.75) is 13.3 Å². The number of amides is 1. The number of hydrogen-bond donors (Lipinski definition) is 2. The van der Waals surface area contributed by atoms with Crippen LogP contribution in [0.5, 0.6) is 0 Å². The van der Waals surface area contributed by atoms with Crippen LogP contribution in [0, 0.1) is 0 Å². The molecule has 0 radical (unpaired) electrons. The van der Waals surface area contributed by atoms with Crippen molar-refractivity contribution < 1.29 is 14.6 Å². The number of carbonyl (C=O) groups is 1. The van der Waals surface area contributed by atoms with Gasteiger partial charge in [0.1, 0.15) is 0 Å². The van der Waals surface area contributed by atoms with Gasteiger partial charge in [-0.2, -0.15) is 0 Å². The van der Waals surface area contributed by atoms with Gasteiger partial charge in [0.15, 0.2) is 0 Å². The minimum atomic E-state index is -0.557. The van der Waals surface area contributed by atoms with Crippen molar-refractivity contribution in [1.29, 1.82) is 0 Å². The second-order valence-corrected chi connectivity index (χ2v) is 1.91. The molecule has 4 nitrogen and oxygen atoms in total. The first-order valence-electron chi connectivity index (χ1n) is 3.39. The molecule has 0 aliphatic heterocycles. The Hall–Kier alpha value is -1.03. The number of aliphatic hydroxyl groups is 1. The lowest BCUT2D eigenvalue weighted by molar-refractivity contribution is 0.172. The summed E-state index contributed by atoms with van der Waals surface area (Å²) in [5.41, 5.74) is 0.472. The van der Waals surface area contributed by atoms with E-state index in [0.29, 0.717) is 5.70 Å². The summed E-state index contributed by atoms with van der Waals surface area (Å²) in [5, 5.41) is 11.0. The standard InChI is InChI=1S/C7H13NO3/c1-3-4-6(5-9)8-7(10)11-2/h4,9H,3,5H2,1-2H3,(H,8,10)/b6-4+. The Kier molecular flexibility index (Phi) is 5.20. The maximum atomic E-state index is 10.6. The lowest BCUT2D eigenvalue weighted by atomic mass is 10.3. The molecule has 0 rings (SSSR count). The molecule has 4 heteroatoms. The number of aliphatic hydroxyl groups excluding tert-OH is 1. The first-order valence-corrected chi connectivity index (χ1v) is 3.39. The highest BCUT2D eigenvalue weighted by Crippen LogP contribution is 1.90. The van der Waals surface area contributed by atoms with E-state index in [9.17, 15) is 4.79 Å². The first kappa shape index (κ1) is 9.97. The molecule has 0 atom stereocenters. The third-order valence-electron chi connectivity index (χ3n) is 1.07. The smallest absolute Gasteiger partial charge is 0.411 e. The molecule has 0 heterocycles. The highest BCUT2D eigenvalue weighted by Gasteiger charge is 2.00. The summed E-state index contributed by atoms with van der Waals surface area (Å²) in [7, 11) is 1.27. The summed E-state index contributed by atoms with van der Waals surface area (Å²) in [6, 6.07) is 0. The molecule has 0 aromatic heterocycles. The lowest BCUT2D eigenvalue weighted by Gasteiger charge is -2.04. The number of nitrogens with one attached hydrogen (secondary N) is 1. The average molecular weight is 159 g/mol. The van der Waals surface area contributed by atoms with Gasteiger partial charge in [-0.1, -0.05) is 13.0 Å². The van der Waals surface area contributed by atoms with Crippen molar-refractivity contribution in [3.05, 3.63) is 11.8 Å². The van der Waals surface area contributed by atoms with Crippen LogP contribution in [0.2, 0.25) is 0 Å². The van der Waals surface area contributed by atoms with Crippen molar-refractivity contribution in [1.82, 2.24) is 5.32 Å². The van der Waals surface area contributed by atoms with Crippen LogP contribution in [0.4, 0.5) is 4.79 Å². The Labute approximate surface area is 65.9 Å². The van der Waals surface area contributed by atoms with Crippen LogP contribution in [-0.4, -0.2) is 24.9 Å². The normalized spacial score (nSPS) is 11.0. The van der Waals surface area contributed by atoms with Gasteiger partial charge in [-0.15, -0.1) is 0 Å². The number of alkyl carbamates (subject to hydrolysis) is 1. The molecule has 0 bridgehead atoms. The predicted octanol–water partition coefficient (Wildman–Crippen LogP) is 0.629. The molecule has 64 valence electrons. The SMILES string of the molecule is CC/C=C(\CO)NC(=O)OC. The van der Waals surface area contributed by atoms with E-state index in [1.807, 2.05) is 6.92 Å². The van der Waals surface area contributed by atoms with Crippen molar-refractivity contribution in [2.24, 2.45) is 0 Å². The summed E-state index contributed by atoms with van der Waals surface area (Å²) in [6.07, 6.45) is 1.93. The molecule has 0 saturated heterocycles. The van der Waals surface area contributed by atoms with Gasteiger partial charge in [0, 0.05) is 5.70 Å². The third-order valence-corrected chi connectivity index (χ3v) is 1.07. The van der Waals surface area contributed by atoms with Crippen LogP contribution >= 0.6 is 0 Å². The molecule has 0 fully saturated rings. The fraction of sp³-hybridized carbons (Fsp3) is 0.571. The zero-order chi connectivity index (χ0) is 8.69. The maximum Gasteiger partial charge on any atom is 0.411 e. The average Bonchev–Trinajstić information content (AvgIpc) is 2.03. The highest BCUT2D eigenvalue weighted by atomic mass is 16.5. The zero-order valence-corrected chi connectivity index (χ0v) is 6.76. The Balaban J connectivity index is 3.87. The Bertz CT molecular complexity index is 154. The Morgan fingerprint density at radius 2 is 2.36 bits per heavy atom. The Morgan fingerprint density at radius 3 is 2.73 bits per heavy atom. The molecule has 2 N–H and O–H groups in total. The van der Waals surface area contributed by atoms with Crippen LogP contribution in [0.3, 0.4) is 0 Å². The fourth-order valence-electron chi connectivity index (χ4n) is 0.584. The van der Waals surface area contributed by atoms with Crippen LogP contribution in [-0.2, 0) is 4.74 Å². The molecule has 1 amide bonds. The van der Waals surface area contributed by atoms with E-state index in [1.54, 1.807) is 6.08 Å². The summed E-state index contributed by atoms with van der Waals surface area (Å²) in [4.78, 5) is 10.6. The molecule has 0 aliphatic carbocycles. The topological polar surface area (TPSA) is 58.6 Å². The minimum Gasteiger partial charge on any atom is -0.453 e. The number of rotatable bonds is 3. The summed E-state index contributed by atoms with van der Waals surface area (Å²) < 4.78 is 4.33. The number of allylic oxidation sites excluding steroid dienone is 1. The molecule has 11 heavy (non-hydrogen) atoms. The van der Waals surface area contributed by atoms with Crippen LogP contribution in [0.1, 0.15) is 13.3 Å². The molecule has 0 aliphatic rings. The summed E-state index contributed by atoms with van der Waals surface area (Å²) in [5.74, 6) is 0. The zero-order valence-electron chi connectivity index (χ0n) is 6.76. The molecular weight excluding hydrogens is 146 g/mol. The molecular formula is C7H13NO3. The molecule has 0 aromatic rings. The molecule has 0 saturated carbocycles. The highest BCUT2D eigenvalue weighted by molar-refractivity contribution is 5.69. The van der Waals surface area contributed by atoms with Gasteiger partial charge in [0.25, 0.3) is 0 Å². The quantitative estimate of drug-likeness (QED) is 0.635. The van der Waals surface area contributed by atoms with E-state index >= 15 is 0 Å². The third kappa shape index (κ3) is 4.38. The first-order chi connectivity index (χ1) is 5.24. The maximum absolute atomic E-state index is 10.6. The minimum absolute atomic E-state index is 0.178. The summed E-state index contributed by atoms with van der Waals surface area (Å²) >= 11 is 0. The molecule has 0 unspecified atom stereocenters. The fourth-order valence-corrected chi connectivity index (χ4v) is 0.584. The summed E-state index contributed by atoms with van der Waals surface area (Å²) in [6.45, 7) is 1.73. The van der Waals surface area contributed by atoms with E-state index < -0.39 is 6.09 Å². The van der Waals surface area contributed by atoms with E-state index in [4.69, 9.17) is 5.11 Å². The van der Waals surface area contributed by atoms with Crippen molar-refractivity contribution >= 4 is 6.09 Å². The second kappa shape index (κ2) is 5.73. The number of hydrogen-bond acceptors (Lipinski definition) is 3.